The number of halogens is 4. The van der Waals surface area contributed by atoms with Crippen LogP contribution in [0, 0.1) is 12.7 Å². The number of benzene rings is 1. The van der Waals surface area contributed by atoms with Gasteiger partial charge in [0, 0.05) is 6.07 Å². The van der Waals surface area contributed by atoms with Crippen LogP contribution in [0.15, 0.2) is 41.2 Å². The molecule has 162 valence electrons. The Morgan fingerprint density at radius 2 is 2.06 bits per heavy atom. The molecule has 0 aliphatic carbocycles. The maximum absolute atomic E-state index is 13.5. The molecule has 0 saturated carbocycles. The van der Waals surface area contributed by atoms with Crippen molar-refractivity contribution in [2.24, 2.45) is 0 Å². The van der Waals surface area contributed by atoms with Gasteiger partial charge in [-0.1, -0.05) is 5.16 Å². The molecular weight excluding hydrogens is 422 g/mol. The maximum Gasteiger partial charge on any atom is 0.416 e. The minimum atomic E-state index is -4.68. The van der Waals surface area contributed by atoms with Crippen LogP contribution in [0.5, 0.6) is 5.75 Å². The molecule has 2 aromatic heterocycles. The zero-order valence-electron chi connectivity index (χ0n) is 16.0. The molecule has 0 spiro atoms. The van der Waals surface area contributed by atoms with E-state index in [0.29, 0.717) is 23.2 Å². The van der Waals surface area contributed by atoms with Crippen molar-refractivity contribution in [3.63, 3.8) is 0 Å². The number of hydrogen-bond acceptors (Lipinski definition) is 7. The van der Waals surface area contributed by atoms with Gasteiger partial charge in [-0.3, -0.25) is 4.79 Å². The van der Waals surface area contributed by atoms with E-state index in [1.807, 2.05) is 0 Å². The molecule has 1 aliphatic rings. The average molecular weight is 437 g/mol. The van der Waals surface area contributed by atoms with E-state index in [4.69, 9.17) is 9.26 Å². The molecule has 1 aliphatic heterocycles. The molecule has 1 aromatic carbocycles. The zero-order valence-corrected chi connectivity index (χ0v) is 16.0. The smallest absolute Gasteiger partial charge is 0.416 e. The Balaban J connectivity index is 1.44. The number of nitrogens with zero attached hydrogens (tertiary/aromatic N) is 4. The number of hydrogen-bond donors (Lipinski definition) is 1. The number of ether oxygens (including phenoxy) is 1. The second-order valence-electron chi connectivity index (χ2n) is 6.83. The lowest BCUT2D eigenvalue weighted by atomic mass is 10.1. The van der Waals surface area contributed by atoms with Crippen LogP contribution in [0.3, 0.4) is 0 Å². The van der Waals surface area contributed by atoms with Crippen molar-refractivity contribution in [3.8, 4) is 5.75 Å². The van der Waals surface area contributed by atoms with Crippen molar-refractivity contribution in [1.29, 1.82) is 0 Å². The largest absolute Gasteiger partial charge is 0.487 e. The number of anilines is 2. The number of amides is 1. The molecule has 1 N–H and O–H groups in total. The third-order valence-corrected chi connectivity index (χ3v) is 4.60. The number of carbonyl (C=O) groups excluding carboxylic acids is 1. The van der Waals surface area contributed by atoms with Gasteiger partial charge in [0.15, 0.2) is 11.5 Å². The van der Waals surface area contributed by atoms with E-state index in [1.54, 1.807) is 17.9 Å². The molecule has 31 heavy (non-hydrogen) atoms. The second-order valence-corrected chi connectivity index (χ2v) is 6.83. The van der Waals surface area contributed by atoms with E-state index in [9.17, 15) is 22.4 Å². The normalized spacial score (nSPS) is 14.3. The number of carbonyl (C=O) groups is 1. The van der Waals surface area contributed by atoms with Crippen LogP contribution in [-0.4, -0.2) is 40.5 Å². The van der Waals surface area contributed by atoms with E-state index in [0.717, 1.165) is 12.1 Å². The van der Waals surface area contributed by atoms with Crippen LogP contribution >= 0.6 is 0 Å². The summed E-state index contributed by atoms with van der Waals surface area (Å²) in [4.78, 5) is 14.3. The van der Waals surface area contributed by atoms with Gasteiger partial charge < -0.3 is 19.5 Å². The number of rotatable bonds is 5. The van der Waals surface area contributed by atoms with Crippen LogP contribution in [0.25, 0.3) is 0 Å². The lowest BCUT2D eigenvalue weighted by Crippen LogP contribution is -2.54. The Hall–Kier alpha value is -3.70. The maximum atomic E-state index is 13.5. The molecular formula is C19H15F4N5O3. The summed E-state index contributed by atoms with van der Waals surface area (Å²) in [6.45, 7) is 2.15. The van der Waals surface area contributed by atoms with Crippen molar-refractivity contribution in [2.75, 3.05) is 23.3 Å². The van der Waals surface area contributed by atoms with E-state index in [2.05, 4.69) is 20.7 Å². The van der Waals surface area contributed by atoms with Crippen molar-refractivity contribution < 1.29 is 31.6 Å². The lowest BCUT2D eigenvalue weighted by molar-refractivity contribution is -0.137. The van der Waals surface area contributed by atoms with Gasteiger partial charge in [0.1, 0.15) is 23.4 Å². The van der Waals surface area contributed by atoms with E-state index >= 15 is 0 Å². The Kier molecular flexibility index (Phi) is 5.21. The molecule has 1 fully saturated rings. The number of nitrogens with one attached hydrogen (secondary N) is 1. The second kappa shape index (κ2) is 7.85. The third kappa shape index (κ3) is 4.42. The summed E-state index contributed by atoms with van der Waals surface area (Å²) in [5, 5.41) is 13.8. The van der Waals surface area contributed by atoms with Gasteiger partial charge in [0.2, 0.25) is 0 Å². The molecule has 8 nitrogen and oxygen atoms in total. The fraction of sp³-hybridized carbons (Fsp3) is 0.263. The predicted molar refractivity (Wildman–Crippen MR) is 99.3 cm³/mol. The quantitative estimate of drug-likeness (QED) is 0.611. The third-order valence-electron chi connectivity index (χ3n) is 4.60. The van der Waals surface area contributed by atoms with Crippen LogP contribution < -0.4 is 15.0 Å². The molecule has 1 amide bonds. The Morgan fingerprint density at radius 1 is 1.29 bits per heavy atom. The van der Waals surface area contributed by atoms with Crippen molar-refractivity contribution in [2.45, 2.75) is 19.2 Å². The molecule has 0 radical (unpaired) electrons. The first-order valence-corrected chi connectivity index (χ1v) is 9.04. The van der Waals surface area contributed by atoms with Crippen molar-refractivity contribution in [3.05, 3.63) is 59.5 Å². The highest BCUT2D eigenvalue weighted by Crippen LogP contribution is 2.33. The number of aryl methyl sites for hydroxylation is 1. The minimum Gasteiger partial charge on any atom is -0.487 e. The minimum absolute atomic E-state index is 0.0478. The average Bonchev–Trinajstić information content (AvgIpc) is 3.08. The summed E-state index contributed by atoms with van der Waals surface area (Å²) in [6.07, 6.45) is -2.41. The standard InChI is InChI=1S/C19H15F4N5O3/c1-10-15(7-25-31-10)26-18(29)17-16(2-3-24-27-17)28-8-14(9-28)30-13-5-11(19(21,22)23)4-12(20)6-13/h2-7,14H,8-9H2,1H3,(H,26,29). The zero-order chi connectivity index (χ0) is 22.2. The molecule has 4 rings (SSSR count). The summed E-state index contributed by atoms with van der Waals surface area (Å²) in [7, 11) is 0. The fourth-order valence-corrected chi connectivity index (χ4v) is 3.04. The van der Waals surface area contributed by atoms with Crippen LogP contribution in [0.1, 0.15) is 21.8 Å². The van der Waals surface area contributed by atoms with Crippen LogP contribution in [0.4, 0.5) is 28.9 Å². The topological polar surface area (TPSA) is 93.4 Å². The fourth-order valence-electron chi connectivity index (χ4n) is 3.04. The molecule has 1 saturated heterocycles. The molecule has 3 aromatic rings. The van der Waals surface area contributed by atoms with Gasteiger partial charge in [-0.25, -0.2) is 4.39 Å². The van der Waals surface area contributed by atoms with Gasteiger partial charge in [-0.05, 0) is 25.1 Å². The first-order chi connectivity index (χ1) is 14.7. The summed E-state index contributed by atoms with van der Waals surface area (Å²) in [5.74, 6) is -1.36. The SMILES string of the molecule is Cc1oncc1NC(=O)c1nnccc1N1CC(Oc2cc(F)cc(C(F)(F)F)c2)C1. The van der Waals surface area contributed by atoms with Crippen molar-refractivity contribution in [1.82, 2.24) is 15.4 Å². The van der Waals surface area contributed by atoms with Crippen LogP contribution in [-0.2, 0) is 6.18 Å². The van der Waals surface area contributed by atoms with Gasteiger partial charge in [-0.15, -0.1) is 5.10 Å². The first kappa shape index (κ1) is 20.6. The summed E-state index contributed by atoms with van der Waals surface area (Å²) < 4.78 is 62.5. The molecule has 12 heteroatoms. The van der Waals surface area contributed by atoms with Gasteiger partial charge >= 0.3 is 6.18 Å². The van der Waals surface area contributed by atoms with E-state index in [-0.39, 0.29) is 24.5 Å². The Labute approximate surface area is 172 Å². The van der Waals surface area contributed by atoms with E-state index < -0.39 is 29.6 Å². The van der Waals surface area contributed by atoms with Gasteiger partial charge in [0.05, 0.1) is 36.7 Å². The molecule has 0 unspecified atom stereocenters. The Morgan fingerprint density at radius 3 is 2.74 bits per heavy atom. The summed E-state index contributed by atoms with van der Waals surface area (Å²) in [6, 6.07) is 3.64. The van der Waals surface area contributed by atoms with Gasteiger partial charge in [-0.2, -0.15) is 18.3 Å². The molecule has 0 atom stereocenters. The first-order valence-electron chi connectivity index (χ1n) is 9.04. The molecule has 3 heterocycles. The Bertz CT molecular complexity index is 1110. The van der Waals surface area contributed by atoms with Crippen LogP contribution in [0.2, 0.25) is 0 Å². The molecule has 0 bridgehead atoms. The predicted octanol–water partition coefficient (Wildman–Crippen LogP) is 3.45. The number of aromatic nitrogens is 3. The number of alkyl halides is 3. The van der Waals surface area contributed by atoms with Crippen molar-refractivity contribution >= 4 is 17.3 Å². The highest BCUT2D eigenvalue weighted by atomic mass is 19.4. The lowest BCUT2D eigenvalue weighted by Gasteiger charge is -2.41. The summed E-state index contributed by atoms with van der Waals surface area (Å²) in [5.41, 5.74) is -0.221. The monoisotopic (exact) mass is 437 g/mol. The highest BCUT2D eigenvalue weighted by Gasteiger charge is 2.34. The highest BCUT2D eigenvalue weighted by molar-refractivity contribution is 6.06. The summed E-state index contributed by atoms with van der Waals surface area (Å²) >= 11 is 0. The van der Waals surface area contributed by atoms with Gasteiger partial charge in [0.25, 0.3) is 5.91 Å². The van der Waals surface area contributed by atoms with E-state index in [1.165, 1.54) is 12.4 Å².